The Balaban J connectivity index is 1.89. The first-order valence-electron chi connectivity index (χ1n) is 8.04. The molecule has 0 spiro atoms. The fourth-order valence-corrected chi connectivity index (χ4v) is 2.39. The Bertz CT molecular complexity index is 919. The fraction of sp³-hybridized carbons (Fsp3) is 0.222. The minimum Gasteiger partial charge on any atom is -0.493 e. The van der Waals surface area contributed by atoms with Gasteiger partial charge in [0.15, 0.2) is 5.82 Å². The van der Waals surface area contributed by atoms with Gasteiger partial charge < -0.3 is 15.2 Å². The summed E-state index contributed by atoms with van der Waals surface area (Å²) in [5, 5.41) is 17.5. The number of methoxy groups -OCH3 is 1. The monoisotopic (exact) mass is 353 g/mol. The number of carbonyl (C=O) groups is 1. The Labute approximate surface area is 150 Å². The number of aromatic hydroxyl groups is 1. The van der Waals surface area contributed by atoms with Crippen molar-refractivity contribution >= 4 is 5.91 Å². The van der Waals surface area contributed by atoms with Crippen LogP contribution in [0.25, 0.3) is 16.9 Å². The van der Waals surface area contributed by atoms with Gasteiger partial charge in [-0.2, -0.15) is 9.78 Å². The Kier molecular flexibility index (Phi) is 4.83. The molecule has 0 bridgehead atoms. The summed E-state index contributed by atoms with van der Waals surface area (Å²) in [6.45, 7) is 3.77. The van der Waals surface area contributed by atoms with E-state index in [-0.39, 0.29) is 17.8 Å². The number of pyridine rings is 2. The lowest BCUT2D eigenvalue weighted by atomic mass is 10.1. The third-order valence-electron chi connectivity index (χ3n) is 3.65. The van der Waals surface area contributed by atoms with Gasteiger partial charge in [0, 0.05) is 24.5 Å². The zero-order valence-corrected chi connectivity index (χ0v) is 14.7. The Hall–Kier alpha value is -3.42. The summed E-state index contributed by atoms with van der Waals surface area (Å²) >= 11 is 0. The molecule has 8 nitrogen and oxygen atoms in total. The van der Waals surface area contributed by atoms with Crippen LogP contribution in [0.3, 0.4) is 0 Å². The second-order valence-electron chi connectivity index (χ2n) is 5.91. The van der Waals surface area contributed by atoms with Crippen molar-refractivity contribution in [3.8, 4) is 28.7 Å². The highest BCUT2D eigenvalue weighted by Crippen LogP contribution is 2.31. The van der Waals surface area contributed by atoms with E-state index in [0.717, 1.165) is 0 Å². The molecule has 8 heteroatoms. The van der Waals surface area contributed by atoms with Gasteiger partial charge in [-0.1, -0.05) is 0 Å². The van der Waals surface area contributed by atoms with Gasteiger partial charge in [-0.05, 0) is 37.6 Å². The maximum atomic E-state index is 12.0. The van der Waals surface area contributed by atoms with Gasteiger partial charge in [0.1, 0.15) is 0 Å². The Morgan fingerprint density at radius 3 is 2.69 bits per heavy atom. The van der Waals surface area contributed by atoms with Crippen molar-refractivity contribution in [1.29, 1.82) is 0 Å². The molecule has 134 valence electrons. The van der Waals surface area contributed by atoms with Gasteiger partial charge in [0.2, 0.25) is 11.8 Å². The van der Waals surface area contributed by atoms with Crippen LogP contribution in [0.1, 0.15) is 24.2 Å². The summed E-state index contributed by atoms with van der Waals surface area (Å²) in [5.41, 5.74) is 1.68. The van der Waals surface area contributed by atoms with Crippen molar-refractivity contribution in [3.63, 3.8) is 0 Å². The molecule has 0 aliphatic carbocycles. The third kappa shape index (κ3) is 3.49. The van der Waals surface area contributed by atoms with Crippen molar-refractivity contribution in [3.05, 3.63) is 48.4 Å². The van der Waals surface area contributed by atoms with E-state index in [1.807, 2.05) is 13.8 Å². The summed E-state index contributed by atoms with van der Waals surface area (Å²) in [5.74, 6) is 0.572. The number of aromatic nitrogens is 4. The molecule has 0 saturated heterocycles. The summed E-state index contributed by atoms with van der Waals surface area (Å²) in [4.78, 5) is 20.2. The smallest absolute Gasteiger partial charge is 0.253 e. The SMILES string of the molecule is COc1cc(-c2cnn(-c3ccc(C(=O)NC(C)C)cn3)c2O)ccn1. The van der Waals surface area contributed by atoms with Gasteiger partial charge in [-0.15, -0.1) is 0 Å². The molecule has 0 unspecified atom stereocenters. The van der Waals surface area contributed by atoms with Crippen molar-refractivity contribution in [1.82, 2.24) is 25.1 Å². The van der Waals surface area contributed by atoms with Crippen LogP contribution in [0.2, 0.25) is 0 Å². The number of nitrogens with zero attached hydrogens (tertiary/aromatic N) is 4. The maximum absolute atomic E-state index is 12.0. The van der Waals surface area contributed by atoms with Crippen molar-refractivity contribution in [2.45, 2.75) is 19.9 Å². The standard InChI is InChI=1S/C18H19N5O3/c1-11(2)22-17(24)13-4-5-15(20-9-13)23-18(25)14(10-21-23)12-6-7-19-16(8-12)26-3/h4-11,25H,1-3H3,(H,22,24). The van der Waals surface area contributed by atoms with E-state index < -0.39 is 0 Å². The lowest BCUT2D eigenvalue weighted by molar-refractivity contribution is 0.0943. The minimum atomic E-state index is -0.201. The molecule has 3 rings (SSSR count). The average Bonchev–Trinajstić information content (AvgIpc) is 3.03. The van der Waals surface area contributed by atoms with Crippen molar-refractivity contribution in [2.75, 3.05) is 7.11 Å². The first kappa shape index (κ1) is 17.4. The number of nitrogens with one attached hydrogen (secondary N) is 1. The number of hydrogen-bond donors (Lipinski definition) is 2. The molecular formula is C18H19N5O3. The second-order valence-corrected chi connectivity index (χ2v) is 5.91. The molecule has 0 aliphatic rings. The molecule has 3 heterocycles. The van der Waals surface area contributed by atoms with Crippen LogP contribution < -0.4 is 10.1 Å². The van der Waals surface area contributed by atoms with E-state index in [1.54, 1.807) is 30.5 Å². The zero-order valence-electron chi connectivity index (χ0n) is 14.7. The van der Waals surface area contributed by atoms with E-state index in [9.17, 15) is 9.90 Å². The highest BCUT2D eigenvalue weighted by atomic mass is 16.5. The summed E-state index contributed by atoms with van der Waals surface area (Å²) in [6, 6.07) is 6.75. The maximum Gasteiger partial charge on any atom is 0.253 e. The molecule has 3 aromatic heterocycles. The molecule has 0 radical (unpaired) electrons. The largest absolute Gasteiger partial charge is 0.493 e. The van der Waals surface area contributed by atoms with E-state index in [2.05, 4.69) is 20.4 Å². The van der Waals surface area contributed by atoms with Gasteiger partial charge in [-0.3, -0.25) is 4.79 Å². The van der Waals surface area contributed by atoms with Gasteiger partial charge in [0.05, 0.1) is 24.4 Å². The van der Waals surface area contributed by atoms with Crippen LogP contribution in [-0.4, -0.2) is 43.9 Å². The number of carbonyl (C=O) groups excluding carboxylic acids is 1. The number of hydrogen-bond acceptors (Lipinski definition) is 6. The van der Waals surface area contributed by atoms with Gasteiger partial charge in [0.25, 0.3) is 5.91 Å². The first-order valence-corrected chi connectivity index (χ1v) is 8.04. The van der Waals surface area contributed by atoms with E-state index in [0.29, 0.717) is 28.4 Å². The van der Waals surface area contributed by atoms with Crippen LogP contribution in [-0.2, 0) is 0 Å². The van der Waals surface area contributed by atoms with Crippen LogP contribution in [0.4, 0.5) is 0 Å². The molecule has 0 aromatic carbocycles. The van der Waals surface area contributed by atoms with Crippen LogP contribution in [0.15, 0.2) is 42.9 Å². The summed E-state index contributed by atoms with van der Waals surface area (Å²) in [7, 11) is 1.52. The van der Waals surface area contributed by atoms with E-state index >= 15 is 0 Å². The highest BCUT2D eigenvalue weighted by molar-refractivity contribution is 5.94. The normalized spacial score (nSPS) is 10.8. The minimum absolute atomic E-state index is 0.0391. The summed E-state index contributed by atoms with van der Waals surface area (Å²) < 4.78 is 6.40. The first-order chi connectivity index (χ1) is 12.5. The predicted molar refractivity (Wildman–Crippen MR) is 95.4 cm³/mol. The summed E-state index contributed by atoms with van der Waals surface area (Å²) in [6.07, 6.45) is 4.57. The third-order valence-corrected chi connectivity index (χ3v) is 3.65. The molecule has 0 saturated carbocycles. The van der Waals surface area contributed by atoms with E-state index in [4.69, 9.17) is 4.74 Å². The van der Waals surface area contributed by atoms with Crippen molar-refractivity contribution < 1.29 is 14.6 Å². The number of amides is 1. The number of ether oxygens (including phenoxy) is 1. The molecule has 26 heavy (non-hydrogen) atoms. The van der Waals surface area contributed by atoms with Crippen molar-refractivity contribution in [2.24, 2.45) is 0 Å². The Morgan fingerprint density at radius 1 is 1.23 bits per heavy atom. The topological polar surface area (TPSA) is 102 Å². The Morgan fingerprint density at radius 2 is 2.04 bits per heavy atom. The molecule has 0 aliphatic heterocycles. The molecule has 1 amide bonds. The molecule has 2 N–H and O–H groups in total. The highest BCUT2D eigenvalue weighted by Gasteiger charge is 2.15. The van der Waals surface area contributed by atoms with Crippen LogP contribution in [0.5, 0.6) is 11.8 Å². The quantitative estimate of drug-likeness (QED) is 0.729. The molecule has 0 atom stereocenters. The van der Waals surface area contributed by atoms with Crippen LogP contribution >= 0.6 is 0 Å². The second kappa shape index (κ2) is 7.22. The molecule has 3 aromatic rings. The molecular weight excluding hydrogens is 334 g/mol. The lowest BCUT2D eigenvalue weighted by Crippen LogP contribution is -2.30. The zero-order chi connectivity index (χ0) is 18.7. The lowest BCUT2D eigenvalue weighted by Gasteiger charge is -2.08. The fourth-order valence-electron chi connectivity index (χ4n) is 2.39. The van der Waals surface area contributed by atoms with Gasteiger partial charge >= 0.3 is 0 Å². The van der Waals surface area contributed by atoms with Gasteiger partial charge in [-0.25, -0.2) is 9.97 Å². The van der Waals surface area contributed by atoms with E-state index in [1.165, 1.54) is 24.2 Å². The average molecular weight is 353 g/mol. The predicted octanol–water partition coefficient (Wildman–Crippen LogP) is 2.18. The van der Waals surface area contributed by atoms with Crippen LogP contribution in [0, 0.1) is 0 Å². The number of rotatable bonds is 5. The molecule has 0 fully saturated rings.